The second-order valence-electron chi connectivity index (χ2n) is 7.09. The predicted octanol–water partition coefficient (Wildman–Crippen LogP) is 3.46. The maximum absolute atomic E-state index is 13.9. The molecule has 24 heavy (non-hydrogen) atoms. The first-order valence-electron chi connectivity index (χ1n) is 8.86. The molecule has 3 heterocycles. The fraction of sp³-hybridized carbons (Fsp3) is 0.450. The Morgan fingerprint density at radius 3 is 3.04 bits per heavy atom. The lowest BCUT2D eigenvalue weighted by Crippen LogP contribution is -2.37. The summed E-state index contributed by atoms with van der Waals surface area (Å²) in [4.78, 5) is 9.13. The number of pyridine rings is 1. The van der Waals surface area contributed by atoms with Crippen LogP contribution < -0.4 is 4.90 Å². The van der Waals surface area contributed by atoms with Crippen LogP contribution in [0.4, 0.5) is 10.1 Å². The lowest BCUT2D eigenvalue weighted by molar-refractivity contribution is 0.330. The smallest absolute Gasteiger partial charge is 0.123 e. The van der Waals surface area contributed by atoms with Gasteiger partial charge in [-0.3, -0.25) is 4.98 Å². The van der Waals surface area contributed by atoms with Crippen molar-refractivity contribution in [3.05, 3.63) is 59.7 Å². The molecule has 1 saturated heterocycles. The minimum Gasteiger partial charge on any atom is -0.367 e. The Morgan fingerprint density at radius 2 is 2.21 bits per heavy atom. The largest absolute Gasteiger partial charge is 0.367 e. The van der Waals surface area contributed by atoms with Gasteiger partial charge >= 0.3 is 0 Å². The number of nitrogens with zero attached hydrogens (tertiary/aromatic N) is 3. The second-order valence-corrected chi connectivity index (χ2v) is 7.09. The molecular formula is C20H24FN3. The summed E-state index contributed by atoms with van der Waals surface area (Å²) in [7, 11) is 2.18. The Balaban J connectivity index is 1.63. The van der Waals surface area contributed by atoms with Crippen molar-refractivity contribution in [1.29, 1.82) is 0 Å². The molecule has 0 N–H and O–H groups in total. The molecule has 0 spiro atoms. The first-order chi connectivity index (χ1) is 11.7. The van der Waals surface area contributed by atoms with Crippen LogP contribution in [0.5, 0.6) is 0 Å². The number of fused-ring (bicyclic) bond motifs is 3. The van der Waals surface area contributed by atoms with Crippen LogP contribution in [0.15, 0.2) is 42.7 Å². The van der Waals surface area contributed by atoms with Gasteiger partial charge in [0.15, 0.2) is 0 Å². The van der Waals surface area contributed by atoms with E-state index in [1.807, 2.05) is 24.5 Å². The zero-order valence-electron chi connectivity index (χ0n) is 14.2. The summed E-state index contributed by atoms with van der Waals surface area (Å²) in [5, 5.41) is 0. The van der Waals surface area contributed by atoms with Gasteiger partial charge in [-0.1, -0.05) is 6.07 Å². The van der Waals surface area contributed by atoms with Gasteiger partial charge in [0.2, 0.25) is 0 Å². The average molecular weight is 325 g/mol. The van der Waals surface area contributed by atoms with Gasteiger partial charge in [0, 0.05) is 43.1 Å². The van der Waals surface area contributed by atoms with Crippen LogP contribution in [-0.2, 0) is 6.42 Å². The van der Waals surface area contributed by atoms with Crippen molar-refractivity contribution in [2.45, 2.75) is 31.2 Å². The van der Waals surface area contributed by atoms with Gasteiger partial charge in [0.05, 0.1) is 0 Å². The van der Waals surface area contributed by atoms with Gasteiger partial charge in [-0.05, 0) is 68.2 Å². The summed E-state index contributed by atoms with van der Waals surface area (Å²) in [6, 6.07) is 9.95. The third kappa shape index (κ3) is 2.91. The molecule has 4 rings (SSSR count). The molecule has 1 aromatic carbocycles. The van der Waals surface area contributed by atoms with Gasteiger partial charge in [-0.2, -0.15) is 0 Å². The van der Waals surface area contributed by atoms with Gasteiger partial charge in [-0.15, -0.1) is 0 Å². The van der Waals surface area contributed by atoms with E-state index in [-0.39, 0.29) is 5.82 Å². The molecule has 0 unspecified atom stereocenters. The number of likely N-dealkylation sites (tertiary alicyclic amines) is 1. The molecule has 126 valence electrons. The molecular weight excluding hydrogens is 301 g/mol. The van der Waals surface area contributed by atoms with E-state index in [4.69, 9.17) is 0 Å². The molecule has 4 heteroatoms. The van der Waals surface area contributed by atoms with Crippen LogP contribution in [0.1, 0.15) is 29.9 Å². The Bertz CT molecular complexity index is 703. The molecule has 2 aliphatic rings. The average Bonchev–Trinajstić information content (AvgIpc) is 2.73. The number of anilines is 1. The van der Waals surface area contributed by atoms with E-state index in [1.165, 1.54) is 29.7 Å². The first-order valence-corrected chi connectivity index (χ1v) is 8.86. The molecule has 1 aromatic heterocycles. The third-order valence-electron chi connectivity index (χ3n) is 5.48. The molecule has 2 aliphatic heterocycles. The number of rotatable bonds is 3. The van der Waals surface area contributed by atoms with Crippen LogP contribution in [0.2, 0.25) is 0 Å². The highest BCUT2D eigenvalue weighted by molar-refractivity contribution is 5.62. The summed E-state index contributed by atoms with van der Waals surface area (Å²) >= 11 is 0. The summed E-state index contributed by atoms with van der Waals surface area (Å²) < 4.78 is 13.9. The maximum atomic E-state index is 13.9. The van der Waals surface area contributed by atoms with Crippen molar-refractivity contribution in [3.63, 3.8) is 0 Å². The third-order valence-corrected chi connectivity index (χ3v) is 5.48. The van der Waals surface area contributed by atoms with E-state index in [2.05, 4.69) is 27.9 Å². The Hall–Kier alpha value is -1.94. The van der Waals surface area contributed by atoms with Crippen LogP contribution in [0, 0.1) is 5.82 Å². The van der Waals surface area contributed by atoms with Gasteiger partial charge < -0.3 is 9.80 Å². The molecule has 0 amide bonds. The van der Waals surface area contributed by atoms with Gasteiger partial charge in [-0.25, -0.2) is 4.39 Å². The fourth-order valence-corrected chi connectivity index (χ4v) is 4.34. The van der Waals surface area contributed by atoms with Crippen LogP contribution in [-0.4, -0.2) is 42.6 Å². The molecule has 0 radical (unpaired) electrons. The number of hydrogen-bond acceptors (Lipinski definition) is 3. The number of halogens is 1. The zero-order chi connectivity index (χ0) is 16.5. The minimum absolute atomic E-state index is 0.117. The number of benzene rings is 1. The Kier molecular flexibility index (Phi) is 4.23. The lowest BCUT2D eigenvalue weighted by atomic mass is 9.93. The summed E-state index contributed by atoms with van der Waals surface area (Å²) in [6.45, 7) is 3.12. The van der Waals surface area contributed by atoms with Gasteiger partial charge in [0.1, 0.15) is 5.82 Å². The van der Waals surface area contributed by atoms with Crippen molar-refractivity contribution < 1.29 is 4.39 Å². The quantitative estimate of drug-likeness (QED) is 0.861. The first kappa shape index (κ1) is 15.6. The van der Waals surface area contributed by atoms with Crippen molar-refractivity contribution >= 4 is 5.69 Å². The van der Waals surface area contributed by atoms with Crippen LogP contribution >= 0.6 is 0 Å². The minimum atomic E-state index is -0.117. The number of hydrogen-bond donors (Lipinski definition) is 0. The van der Waals surface area contributed by atoms with Crippen molar-refractivity contribution in [2.24, 2.45) is 0 Å². The van der Waals surface area contributed by atoms with E-state index in [0.29, 0.717) is 12.0 Å². The highest BCUT2D eigenvalue weighted by Gasteiger charge is 2.39. The monoisotopic (exact) mass is 325 g/mol. The Labute approximate surface area is 143 Å². The molecule has 2 aromatic rings. The summed E-state index contributed by atoms with van der Waals surface area (Å²) in [5.41, 5.74) is 3.68. The summed E-state index contributed by atoms with van der Waals surface area (Å²) in [5.74, 6) is 0.297. The highest BCUT2D eigenvalue weighted by Crippen LogP contribution is 2.44. The van der Waals surface area contributed by atoms with Crippen molar-refractivity contribution in [3.8, 4) is 0 Å². The standard InChI is InChI=1S/C20H24FN3/c1-23-10-3-5-19-18(14-23)17-12-16(21)6-7-20(17)24(19)11-8-15-4-2-9-22-13-15/h2,4,6-7,9,12-13,18-19H,3,5,8,10-11,14H2,1H3/t18-,19+/m0/s1. The zero-order valence-corrected chi connectivity index (χ0v) is 14.2. The Morgan fingerprint density at radius 1 is 1.29 bits per heavy atom. The molecule has 2 atom stereocenters. The molecule has 0 bridgehead atoms. The van der Waals surface area contributed by atoms with E-state index in [9.17, 15) is 4.39 Å². The second kappa shape index (κ2) is 6.52. The topological polar surface area (TPSA) is 19.4 Å². The molecule has 3 nitrogen and oxygen atoms in total. The number of likely N-dealkylation sites (N-methyl/N-ethyl adjacent to an activating group) is 1. The normalized spacial score (nSPS) is 23.7. The van der Waals surface area contributed by atoms with Crippen LogP contribution in [0.25, 0.3) is 0 Å². The van der Waals surface area contributed by atoms with E-state index < -0.39 is 0 Å². The van der Waals surface area contributed by atoms with E-state index in [1.54, 1.807) is 12.1 Å². The highest BCUT2D eigenvalue weighted by atomic mass is 19.1. The fourth-order valence-electron chi connectivity index (χ4n) is 4.34. The summed E-state index contributed by atoms with van der Waals surface area (Å²) in [6.07, 6.45) is 7.12. The lowest BCUT2D eigenvalue weighted by Gasteiger charge is -2.29. The SMILES string of the molecule is CN1CCC[C@@H]2[C@@H](C1)c1cc(F)ccc1N2CCc1cccnc1. The predicted molar refractivity (Wildman–Crippen MR) is 94.9 cm³/mol. The van der Waals surface area contributed by atoms with Crippen LogP contribution in [0.3, 0.4) is 0 Å². The van der Waals surface area contributed by atoms with Crippen molar-refractivity contribution in [2.75, 3.05) is 31.6 Å². The molecule has 0 aliphatic carbocycles. The van der Waals surface area contributed by atoms with Crippen molar-refractivity contribution in [1.82, 2.24) is 9.88 Å². The molecule has 0 saturated carbocycles. The van der Waals surface area contributed by atoms with E-state index >= 15 is 0 Å². The molecule has 1 fully saturated rings. The van der Waals surface area contributed by atoms with Gasteiger partial charge in [0.25, 0.3) is 0 Å². The maximum Gasteiger partial charge on any atom is 0.123 e. The van der Waals surface area contributed by atoms with E-state index in [0.717, 1.165) is 26.1 Å². The number of aromatic nitrogens is 1.